The molecule has 112 valence electrons. The van der Waals surface area contributed by atoms with E-state index in [1.165, 1.54) is 16.2 Å². The highest BCUT2D eigenvalue weighted by Gasteiger charge is 2.48. The van der Waals surface area contributed by atoms with Gasteiger partial charge in [-0.05, 0) is 18.9 Å². The number of ether oxygens (including phenoxy) is 1. The van der Waals surface area contributed by atoms with Crippen LogP contribution in [0.2, 0.25) is 0 Å². The summed E-state index contributed by atoms with van der Waals surface area (Å²) in [6, 6.07) is 3.75. The van der Waals surface area contributed by atoms with Gasteiger partial charge in [0.1, 0.15) is 6.07 Å². The number of carboxylic acids is 1. The zero-order valence-corrected chi connectivity index (χ0v) is 12.5. The van der Waals surface area contributed by atoms with Crippen molar-refractivity contribution in [2.24, 2.45) is 5.41 Å². The molecule has 21 heavy (non-hydrogen) atoms. The van der Waals surface area contributed by atoms with Gasteiger partial charge in [0, 0.05) is 30.5 Å². The Labute approximate surface area is 126 Å². The molecule has 2 heterocycles. The monoisotopic (exact) mass is 308 g/mol. The first kappa shape index (κ1) is 15.5. The minimum atomic E-state index is -1.39. The first-order chi connectivity index (χ1) is 9.99. The second-order valence-corrected chi connectivity index (χ2v) is 6.07. The van der Waals surface area contributed by atoms with E-state index >= 15 is 0 Å². The molecule has 0 bridgehead atoms. The second-order valence-electron chi connectivity index (χ2n) is 5.07. The molecule has 0 spiro atoms. The van der Waals surface area contributed by atoms with Crippen LogP contribution >= 0.6 is 11.3 Å². The summed E-state index contributed by atoms with van der Waals surface area (Å²) in [5, 5.41) is 20.0. The molecule has 0 unspecified atom stereocenters. The van der Waals surface area contributed by atoms with Crippen molar-refractivity contribution in [3.05, 3.63) is 21.9 Å². The molecule has 1 saturated heterocycles. The predicted molar refractivity (Wildman–Crippen MR) is 75.6 cm³/mol. The van der Waals surface area contributed by atoms with E-state index in [0.29, 0.717) is 12.1 Å². The highest BCUT2D eigenvalue weighted by atomic mass is 32.1. The van der Waals surface area contributed by atoms with E-state index < -0.39 is 17.3 Å². The van der Waals surface area contributed by atoms with E-state index in [0.717, 1.165) is 4.88 Å². The first-order valence-electron chi connectivity index (χ1n) is 6.54. The van der Waals surface area contributed by atoms with Gasteiger partial charge in [0.25, 0.3) is 0 Å². The highest BCUT2D eigenvalue weighted by molar-refractivity contribution is 7.10. The second kappa shape index (κ2) is 6.24. The van der Waals surface area contributed by atoms with E-state index in [2.05, 4.69) is 0 Å². The maximum atomic E-state index is 12.6. The van der Waals surface area contributed by atoms with Crippen LogP contribution in [0.5, 0.6) is 0 Å². The van der Waals surface area contributed by atoms with Gasteiger partial charge in [-0.1, -0.05) is 0 Å². The van der Waals surface area contributed by atoms with Crippen LogP contribution in [0, 0.1) is 16.7 Å². The fourth-order valence-corrected chi connectivity index (χ4v) is 3.29. The van der Waals surface area contributed by atoms with Crippen LogP contribution in [0.4, 0.5) is 0 Å². The van der Waals surface area contributed by atoms with Crippen LogP contribution in [0.3, 0.4) is 0 Å². The van der Waals surface area contributed by atoms with E-state index in [4.69, 9.17) is 10.00 Å². The van der Waals surface area contributed by atoms with Gasteiger partial charge in [-0.3, -0.25) is 9.59 Å². The van der Waals surface area contributed by atoms with Crippen molar-refractivity contribution in [3.63, 3.8) is 0 Å². The number of hydrogen-bond acceptors (Lipinski definition) is 5. The molecule has 0 radical (unpaired) electrons. The largest absolute Gasteiger partial charge is 0.480 e. The van der Waals surface area contributed by atoms with Crippen molar-refractivity contribution < 1.29 is 19.4 Å². The van der Waals surface area contributed by atoms with E-state index in [1.807, 2.05) is 6.07 Å². The van der Waals surface area contributed by atoms with Crippen molar-refractivity contribution in [1.29, 1.82) is 5.26 Å². The van der Waals surface area contributed by atoms with Crippen LogP contribution in [0.25, 0.3) is 0 Å². The van der Waals surface area contributed by atoms with Crippen molar-refractivity contribution in [2.45, 2.75) is 19.4 Å². The number of hydrogen-bond donors (Lipinski definition) is 1. The number of carbonyl (C=O) groups is 2. The van der Waals surface area contributed by atoms with Crippen LogP contribution in [-0.2, 0) is 20.9 Å². The maximum absolute atomic E-state index is 12.6. The van der Waals surface area contributed by atoms with Crippen molar-refractivity contribution in [1.82, 2.24) is 4.90 Å². The summed E-state index contributed by atoms with van der Waals surface area (Å²) in [7, 11) is 1.59. The minimum Gasteiger partial charge on any atom is -0.480 e. The molecule has 1 N–H and O–H groups in total. The van der Waals surface area contributed by atoms with Crippen molar-refractivity contribution in [2.75, 3.05) is 20.3 Å². The molecule has 2 rings (SSSR count). The Bertz CT molecular complexity index is 584. The number of amides is 1. The summed E-state index contributed by atoms with van der Waals surface area (Å²) >= 11 is 1.39. The molecule has 7 heteroatoms. The molecule has 1 aliphatic rings. The van der Waals surface area contributed by atoms with Crippen LogP contribution in [-0.4, -0.2) is 42.1 Å². The minimum absolute atomic E-state index is 0.194. The number of nitrogens with zero attached hydrogens (tertiary/aromatic N) is 2. The number of nitriles is 1. The third kappa shape index (κ3) is 3.06. The van der Waals surface area contributed by atoms with E-state index in [9.17, 15) is 14.7 Å². The summed E-state index contributed by atoms with van der Waals surface area (Å²) in [6.45, 7) is 0.869. The van der Waals surface area contributed by atoms with Crippen molar-refractivity contribution in [3.8, 4) is 6.07 Å². The molecular formula is C14H16N2O4S. The first-order valence-corrected chi connectivity index (χ1v) is 7.42. The molecule has 0 aliphatic carbocycles. The lowest BCUT2D eigenvalue weighted by Gasteiger charge is -2.34. The van der Waals surface area contributed by atoms with E-state index in [-0.39, 0.29) is 26.1 Å². The molecule has 1 aromatic rings. The average molecular weight is 308 g/mol. The van der Waals surface area contributed by atoms with Crippen LogP contribution in [0.1, 0.15) is 23.3 Å². The molecule has 0 atom stereocenters. The quantitative estimate of drug-likeness (QED) is 0.850. The molecular weight excluding hydrogens is 292 g/mol. The predicted octanol–water partition coefficient (Wildman–Crippen LogP) is 1.46. The Morgan fingerprint density at radius 2 is 2.19 bits per heavy atom. The molecule has 0 saturated carbocycles. The lowest BCUT2D eigenvalue weighted by Crippen LogP contribution is -2.50. The third-order valence-electron chi connectivity index (χ3n) is 3.69. The smallest absolute Gasteiger partial charge is 0.319 e. The number of aliphatic carboxylic acids is 1. The Hall–Kier alpha value is -1.91. The standard InChI is InChI=1S/C14H16N2O4S/c1-16(8-11-6-10(7-15)9-21-11)12(17)14(13(18)19)2-4-20-5-3-14/h6,9H,2-5,8H2,1H3,(H,18,19). The topological polar surface area (TPSA) is 90.6 Å². The molecule has 6 nitrogen and oxygen atoms in total. The fourth-order valence-electron chi connectivity index (χ4n) is 2.43. The van der Waals surface area contributed by atoms with Crippen molar-refractivity contribution >= 4 is 23.2 Å². The van der Waals surface area contributed by atoms with Gasteiger partial charge < -0.3 is 14.7 Å². The summed E-state index contributed by atoms with van der Waals surface area (Å²) in [5.74, 6) is -1.49. The number of carboxylic acid groups (broad SMARTS) is 1. The summed E-state index contributed by atoms with van der Waals surface area (Å²) in [4.78, 5) is 26.4. The molecule has 1 amide bonds. The highest BCUT2D eigenvalue weighted by Crippen LogP contribution is 2.33. The summed E-state index contributed by atoms with van der Waals surface area (Å²) in [6.07, 6.45) is 0.388. The SMILES string of the molecule is CN(Cc1cc(C#N)cs1)C(=O)C1(C(=O)O)CCOCC1. The fraction of sp³-hybridized carbons (Fsp3) is 0.500. The van der Waals surface area contributed by atoms with Gasteiger partial charge >= 0.3 is 5.97 Å². The number of rotatable bonds is 4. The molecule has 0 aromatic carbocycles. The van der Waals surface area contributed by atoms with Gasteiger partial charge in [-0.15, -0.1) is 11.3 Å². The lowest BCUT2D eigenvalue weighted by atomic mass is 9.79. The Morgan fingerprint density at radius 3 is 2.71 bits per heavy atom. The molecule has 1 aromatic heterocycles. The number of thiophene rings is 1. The zero-order valence-electron chi connectivity index (χ0n) is 11.7. The van der Waals surface area contributed by atoms with Crippen LogP contribution < -0.4 is 0 Å². The van der Waals surface area contributed by atoms with E-state index in [1.54, 1.807) is 18.5 Å². The average Bonchev–Trinajstić information content (AvgIpc) is 2.94. The summed E-state index contributed by atoms with van der Waals surface area (Å²) in [5.41, 5.74) is -0.836. The van der Waals surface area contributed by atoms with Gasteiger partial charge in [-0.25, -0.2) is 0 Å². The Morgan fingerprint density at radius 1 is 1.52 bits per heavy atom. The lowest BCUT2D eigenvalue weighted by molar-refractivity contribution is -0.167. The third-order valence-corrected chi connectivity index (χ3v) is 4.61. The number of carbonyl (C=O) groups excluding carboxylic acids is 1. The zero-order chi connectivity index (χ0) is 15.5. The Kier molecular flexibility index (Phi) is 4.60. The summed E-state index contributed by atoms with van der Waals surface area (Å²) < 4.78 is 5.17. The molecule has 1 aliphatic heterocycles. The van der Waals surface area contributed by atoms with Gasteiger partial charge in [0.05, 0.1) is 12.1 Å². The van der Waals surface area contributed by atoms with Gasteiger partial charge in [0.15, 0.2) is 5.41 Å². The maximum Gasteiger partial charge on any atom is 0.319 e. The van der Waals surface area contributed by atoms with Gasteiger partial charge in [-0.2, -0.15) is 5.26 Å². The Balaban J connectivity index is 2.13. The van der Waals surface area contributed by atoms with Crippen LogP contribution in [0.15, 0.2) is 11.4 Å². The van der Waals surface area contributed by atoms with Gasteiger partial charge in [0.2, 0.25) is 5.91 Å². The molecule has 1 fully saturated rings. The normalized spacial score (nSPS) is 17.0.